The van der Waals surface area contributed by atoms with Crippen LogP contribution in [0.1, 0.15) is 5.56 Å². The average Bonchev–Trinajstić information content (AvgIpc) is 2.31. The molecule has 1 N–H and O–H groups in total. The second-order valence-electron chi connectivity index (χ2n) is 3.12. The first-order chi connectivity index (χ1) is 5.68. The first-order valence-corrected chi connectivity index (χ1v) is 3.92. The Labute approximate surface area is 71.7 Å². The van der Waals surface area contributed by atoms with Gasteiger partial charge in [-0.05, 0) is 11.6 Å². The maximum absolute atomic E-state index is 9.24. The van der Waals surface area contributed by atoms with Crippen molar-refractivity contribution < 1.29 is 5.11 Å². The normalized spacial score (nSPS) is 15.1. The van der Waals surface area contributed by atoms with E-state index in [0.29, 0.717) is 5.75 Å². The molecule has 12 heavy (non-hydrogen) atoms. The zero-order chi connectivity index (χ0) is 8.72. The molecule has 0 aromatic heterocycles. The maximum Gasteiger partial charge on any atom is 0.117 e. The molecule has 2 rings (SSSR count). The molecule has 0 amide bonds. The highest BCUT2D eigenvalue weighted by Gasteiger charge is 2.18. The van der Waals surface area contributed by atoms with E-state index in [2.05, 4.69) is 6.58 Å². The molecule has 2 nitrogen and oxygen atoms in total. The zero-order valence-corrected chi connectivity index (χ0v) is 7.04. The molecular weight excluding hydrogens is 150 g/mol. The summed E-state index contributed by atoms with van der Waals surface area (Å²) in [6.07, 6.45) is 0.895. The third kappa shape index (κ3) is 0.881. The highest BCUT2D eigenvalue weighted by atomic mass is 16.3. The van der Waals surface area contributed by atoms with Crippen LogP contribution in [0.4, 0.5) is 5.69 Å². The summed E-state index contributed by atoms with van der Waals surface area (Å²) in [5, 5.41) is 9.24. The number of rotatable bonds is 0. The number of hydrogen-bond donors (Lipinski definition) is 1. The molecule has 0 atom stereocenters. The van der Waals surface area contributed by atoms with Crippen LogP contribution in [0, 0.1) is 0 Å². The van der Waals surface area contributed by atoms with Crippen molar-refractivity contribution in [3.05, 3.63) is 36.0 Å². The Hall–Kier alpha value is -1.44. The smallest absolute Gasteiger partial charge is 0.117 e. The van der Waals surface area contributed by atoms with Crippen molar-refractivity contribution in [1.29, 1.82) is 0 Å². The number of hydrogen-bond acceptors (Lipinski definition) is 2. The van der Waals surface area contributed by atoms with E-state index < -0.39 is 0 Å². The van der Waals surface area contributed by atoms with Gasteiger partial charge in [-0.3, -0.25) is 0 Å². The standard InChI is InChI=1S/C10H11NO/c1-7-5-8-3-4-9(12)6-10(8)11(7)2/h3-4,6,12H,1,5H2,2H3. The molecule has 0 unspecified atom stereocenters. The lowest BCUT2D eigenvalue weighted by molar-refractivity contribution is 0.475. The van der Waals surface area contributed by atoms with Crippen LogP contribution in [0.15, 0.2) is 30.5 Å². The van der Waals surface area contributed by atoms with E-state index in [9.17, 15) is 5.11 Å². The van der Waals surface area contributed by atoms with Crippen LogP contribution in [-0.4, -0.2) is 12.2 Å². The van der Waals surface area contributed by atoms with Crippen LogP contribution in [-0.2, 0) is 6.42 Å². The van der Waals surface area contributed by atoms with E-state index in [-0.39, 0.29) is 0 Å². The Kier molecular flexibility index (Phi) is 1.37. The van der Waals surface area contributed by atoms with Crippen molar-refractivity contribution in [2.45, 2.75) is 6.42 Å². The Morgan fingerprint density at radius 3 is 3.00 bits per heavy atom. The van der Waals surface area contributed by atoms with Gasteiger partial charge in [-0.2, -0.15) is 0 Å². The lowest BCUT2D eigenvalue weighted by Crippen LogP contribution is -2.09. The van der Waals surface area contributed by atoms with E-state index in [4.69, 9.17) is 0 Å². The molecule has 1 heterocycles. The summed E-state index contributed by atoms with van der Waals surface area (Å²) >= 11 is 0. The van der Waals surface area contributed by atoms with Gasteiger partial charge in [0, 0.05) is 30.9 Å². The van der Waals surface area contributed by atoms with Gasteiger partial charge in [0.1, 0.15) is 5.75 Å². The van der Waals surface area contributed by atoms with E-state index in [1.54, 1.807) is 12.1 Å². The number of anilines is 1. The van der Waals surface area contributed by atoms with Gasteiger partial charge in [0.25, 0.3) is 0 Å². The van der Waals surface area contributed by atoms with Crippen LogP contribution in [0.5, 0.6) is 5.75 Å². The maximum atomic E-state index is 9.24. The molecule has 0 saturated carbocycles. The monoisotopic (exact) mass is 161 g/mol. The lowest BCUT2D eigenvalue weighted by atomic mass is 10.1. The van der Waals surface area contributed by atoms with Crippen LogP contribution in [0.3, 0.4) is 0 Å². The molecule has 1 aliphatic heterocycles. The summed E-state index contributed by atoms with van der Waals surface area (Å²) in [5.41, 5.74) is 3.39. The number of phenols is 1. The summed E-state index contributed by atoms with van der Waals surface area (Å²) in [6.45, 7) is 3.92. The minimum atomic E-state index is 0.315. The number of allylic oxidation sites excluding steroid dienone is 1. The molecule has 2 heteroatoms. The third-order valence-corrected chi connectivity index (χ3v) is 2.30. The topological polar surface area (TPSA) is 23.5 Å². The van der Waals surface area contributed by atoms with Gasteiger partial charge in [-0.15, -0.1) is 0 Å². The van der Waals surface area contributed by atoms with Gasteiger partial charge < -0.3 is 10.0 Å². The molecule has 0 radical (unpaired) electrons. The molecule has 0 bridgehead atoms. The second-order valence-corrected chi connectivity index (χ2v) is 3.12. The fourth-order valence-corrected chi connectivity index (χ4v) is 1.52. The van der Waals surface area contributed by atoms with Gasteiger partial charge in [0.15, 0.2) is 0 Å². The fraction of sp³-hybridized carbons (Fsp3) is 0.200. The van der Waals surface area contributed by atoms with Crippen LogP contribution < -0.4 is 4.90 Å². The highest BCUT2D eigenvalue weighted by molar-refractivity contribution is 5.65. The number of likely N-dealkylation sites (N-methyl/N-ethyl adjacent to an activating group) is 1. The SMILES string of the molecule is C=C1Cc2ccc(O)cc2N1C. The van der Waals surface area contributed by atoms with Gasteiger partial charge in [-0.1, -0.05) is 12.6 Å². The van der Waals surface area contributed by atoms with Crippen LogP contribution in [0.2, 0.25) is 0 Å². The number of phenolic OH excluding ortho intramolecular Hbond substituents is 1. The Bertz CT molecular complexity index is 344. The summed E-state index contributed by atoms with van der Waals surface area (Å²) in [4.78, 5) is 2.01. The Morgan fingerprint density at radius 1 is 1.50 bits per heavy atom. The van der Waals surface area contributed by atoms with Crippen molar-refractivity contribution >= 4 is 5.69 Å². The van der Waals surface area contributed by atoms with Crippen molar-refractivity contribution in [2.24, 2.45) is 0 Å². The first kappa shape index (κ1) is 7.22. The van der Waals surface area contributed by atoms with Gasteiger partial charge in [0.2, 0.25) is 0 Å². The minimum absolute atomic E-state index is 0.315. The van der Waals surface area contributed by atoms with E-state index in [1.807, 2.05) is 18.0 Å². The van der Waals surface area contributed by atoms with Gasteiger partial charge >= 0.3 is 0 Å². The number of benzene rings is 1. The summed E-state index contributed by atoms with van der Waals surface area (Å²) < 4.78 is 0. The summed E-state index contributed by atoms with van der Waals surface area (Å²) in [5.74, 6) is 0.315. The van der Waals surface area contributed by atoms with E-state index >= 15 is 0 Å². The Balaban J connectivity index is 2.55. The van der Waals surface area contributed by atoms with E-state index in [0.717, 1.165) is 17.8 Å². The second kappa shape index (κ2) is 2.27. The number of nitrogens with zero attached hydrogens (tertiary/aromatic N) is 1. The van der Waals surface area contributed by atoms with Gasteiger partial charge in [0.05, 0.1) is 0 Å². The van der Waals surface area contributed by atoms with E-state index in [1.165, 1.54) is 5.56 Å². The molecule has 1 aliphatic rings. The largest absolute Gasteiger partial charge is 0.508 e. The molecule has 1 aromatic rings. The van der Waals surface area contributed by atoms with Crippen molar-refractivity contribution in [2.75, 3.05) is 11.9 Å². The number of aromatic hydroxyl groups is 1. The quantitative estimate of drug-likeness (QED) is 0.628. The summed E-state index contributed by atoms with van der Waals surface area (Å²) in [7, 11) is 1.97. The molecule has 0 aliphatic carbocycles. The lowest BCUT2D eigenvalue weighted by Gasteiger charge is -2.13. The number of fused-ring (bicyclic) bond motifs is 1. The fourth-order valence-electron chi connectivity index (χ4n) is 1.52. The molecule has 62 valence electrons. The zero-order valence-electron chi connectivity index (χ0n) is 7.04. The molecule has 0 spiro atoms. The molecular formula is C10H11NO. The van der Waals surface area contributed by atoms with Crippen molar-refractivity contribution in [3.63, 3.8) is 0 Å². The van der Waals surface area contributed by atoms with Crippen LogP contribution >= 0.6 is 0 Å². The van der Waals surface area contributed by atoms with Crippen molar-refractivity contribution in [1.82, 2.24) is 0 Å². The van der Waals surface area contributed by atoms with Crippen molar-refractivity contribution in [3.8, 4) is 5.75 Å². The third-order valence-electron chi connectivity index (χ3n) is 2.30. The van der Waals surface area contributed by atoms with Gasteiger partial charge in [-0.25, -0.2) is 0 Å². The Morgan fingerprint density at radius 2 is 2.25 bits per heavy atom. The highest BCUT2D eigenvalue weighted by Crippen LogP contribution is 2.34. The first-order valence-electron chi connectivity index (χ1n) is 3.92. The molecule has 1 aromatic carbocycles. The molecule has 0 fully saturated rings. The predicted octanol–water partition coefficient (Wildman–Crippen LogP) is 1.90. The average molecular weight is 161 g/mol. The minimum Gasteiger partial charge on any atom is -0.508 e. The summed E-state index contributed by atoms with van der Waals surface area (Å²) in [6, 6.07) is 5.43. The molecule has 0 saturated heterocycles. The van der Waals surface area contributed by atoms with Crippen LogP contribution in [0.25, 0.3) is 0 Å². The predicted molar refractivity (Wildman–Crippen MR) is 49.4 cm³/mol.